The molecular formula is C15H16N2O2. The molecule has 0 saturated heterocycles. The topological polar surface area (TPSA) is 64.9 Å². The average molecular weight is 256 g/mol. The Kier molecular flexibility index (Phi) is 4.03. The monoisotopic (exact) mass is 256 g/mol. The molecule has 0 bridgehead atoms. The number of phenolic OH excluding ortho intramolecular Hbond substituents is 2. The number of hydrogen-bond donors (Lipinski definition) is 3. The zero-order valence-corrected chi connectivity index (χ0v) is 10.7. The highest BCUT2D eigenvalue weighted by molar-refractivity contribution is 6.03. The molecule has 4 heteroatoms. The van der Waals surface area contributed by atoms with E-state index in [4.69, 9.17) is 0 Å². The van der Waals surface area contributed by atoms with Gasteiger partial charge in [0.15, 0.2) is 0 Å². The molecule has 0 aliphatic carbocycles. The van der Waals surface area contributed by atoms with E-state index < -0.39 is 0 Å². The Balaban J connectivity index is 2.07. The minimum atomic E-state index is 0.0164. The Bertz CT molecular complexity index is 560. The Labute approximate surface area is 112 Å². The van der Waals surface area contributed by atoms with Crippen LogP contribution in [0.1, 0.15) is 18.1 Å². The second-order valence-electron chi connectivity index (χ2n) is 4.19. The number of benzene rings is 2. The number of nitrogens with zero attached hydrogens (tertiary/aromatic N) is 1. The van der Waals surface area contributed by atoms with Crippen LogP contribution in [0.4, 0.5) is 0 Å². The van der Waals surface area contributed by atoms with Gasteiger partial charge in [0.1, 0.15) is 11.5 Å². The fraction of sp³-hybridized carbons (Fsp3) is 0.133. The molecule has 2 aromatic carbocycles. The van der Waals surface area contributed by atoms with Gasteiger partial charge in [0.2, 0.25) is 0 Å². The number of hydrogen-bond acceptors (Lipinski definition) is 4. The van der Waals surface area contributed by atoms with Crippen molar-refractivity contribution in [3.8, 4) is 11.5 Å². The zero-order chi connectivity index (χ0) is 13.7. The van der Waals surface area contributed by atoms with Crippen molar-refractivity contribution in [2.24, 2.45) is 5.10 Å². The van der Waals surface area contributed by atoms with E-state index in [0.717, 1.165) is 5.56 Å². The molecule has 0 spiro atoms. The minimum Gasteiger partial charge on any atom is -0.507 e. The van der Waals surface area contributed by atoms with Gasteiger partial charge in [-0.2, -0.15) is 5.10 Å². The molecule has 3 N–H and O–H groups in total. The molecule has 0 fully saturated rings. The van der Waals surface area contributed by atoms with Crippen LogP contribution in [-0.2, 0) is 6.54 Å². The summed E-state index contributed by atoms with van der Waals surface area (Å²) in [5.74, 6) is 0.0329. The predicted octanol–water partition coefficient (Wildman–Crippen LogP) is 2.61. The quantitative estimate of drug-likeness (QED) is 0.582. The van der Waals surface area contributed by atoms with E-state index in [0.29, 0.717) is 17.8 Å². The van der Waals surface area contributed by atoms with E-state index in [1.54, 1.807) is 13.0 Å². The summed E-state index contributed by atoms with van der Waals surface area (Å²) in [4.78, 5) is 0. The number of nitrogens with one attached hydrogen (secondary N) is 1. The third kappa shape index (κ3) is 3.25. The Morgan fingerprint density at radius 1 is 1.00 bits per heavy atom. The fourth-order valence-corrected chi connectivity index (χ4v) is 1.80. The number of hydrazone groups is 1. The van der Waals surface area contributed by atoms with E-state index in [-0.39, 0.29) is 11.5 Å². The van der Waals surface area contributed by atoms with Crippen molar-refractivity contribution in [1.29, 1.82) is 0 Å². The van der Waals surface area contributed by atoms with Gasteiger partial charge in [0.05, 0.1) is 17.8 Å². The normalized spacial score (nSPS) is 11.3. The molecule has 0 aliphatic rings. The molecule has 0 aliphatic heterocycles. The molecule has 2 rings (SSSR count). The Morgan fingerprint density at radius 2 is 1.63 bits per heavy atom. The lowest BCUT2D eigenvalue weighted by atomic mass is 10.1. The highest BCUT2D eigenvalue weighted by Gasteiger charge is 2.09. The van der Waals surface area contributed by atoms with Crippen LogP contribution < -0.4 is 5.43 Å². The molecule has 0 saturated carbocycles. The number of rotatable bonds is 4. The average Bonchev–Trinajstić information content (AvgIpc) is 2.40. The van der Waals surface area contributed by atoms with Gasteiger partial charge in [0, 0.05) is 0 Å². The highest BCUT2D eigenvalue weighted by Crippen LogP contribution is 2.26. The number of aromatic hydroxyl groups is 2. The highest BCUT2D eigenvalue weighted by atomic mass is 16.3. The van der Waals surface area contributed by atoms with Crippen molar-refractivity contribution >= 4 is 5.71 Å². The van der Waals surface area contributed by atoms with Crippen molar-refractivity contribution < 1.29 is 10.2 Å². The van der Waals surface area contributed by atoms with Gasteiger partial charge in [-0.15, -0.1) is 0 Å². The first kappa shape index (κ1) is 13.0. The lowest BCUT2D eigenvalue weighted by Gasteiger charge is -2.07. The molecule has 0 amide bonds. The SMILES string of the molecule is C/C(=N\NCc1ccccc1)c1c(O)cccc1O. The van der Waals surface area contributed by atoms with Gasteiger partial charge in [-0.05, 0) is 24.6 Å². The minimum absolute atomic E-state index is 0.0164. The molecule has 4 nitrogen and oxygen atoms in total. The smallest absolute Gasteiger partial charge is 0.128 e. The maximum atomic E-state index is 9.71. The summed E-state index contributed by atoms with van der Waals surface area (Å²) in [7, 11) is 0. The van der Waals surface area contributed by atoms with Crippen LogP contribution in [0.25, 0.3) is 0 Å². The second kappa shape index (κ2) is 5.91. The molecule has 0 unspecified atom stereocenters. The summed E-state index contributed by atoms with van der Waals surface area (Å²) in [5, 5.41) is 23.6. The largest absolute Gasteiger partial charge is 0.507 e. The lowest BCUT2D eigenvalue weighted by Crippen LogP contribution is -2.09. The molecule has 19 heavy (non-hydrogen) atoms. The first-order valence-electron chi connectivity index (χ1n) is 6.01. The summed E-state index contributed by atoms with van der Waals surface area (Å²) >= 11 is 0. The predicted molar refractivity (Wildman–Crippen MR) is 75.3 cm³/mol. The second-order valence-corrected chi connectivity index (χ2v) is 4.19. The molecule has 0 radical (unpaired) electrons. The van der Waals surface area contributed by atoms with Gasteiger partial charge < -0.3 is 15.6 Å². The van der Waals surface area contributed by atoms with Crippen molar-refractivity contribution in [2.45, 2.75) is 13.5 Å². The maximum Gasteiger partial charge on any atom is 0.128 e. The summed E-state index contributed by atoms with van der Waals surface area (Å²) in [6.45, 7) is 2.32. The summed E-state index contributed by atoms with van der Waals surface area (Å²) in [6, 6.07) is 14.5. The third-order valence-electron chi connectivity index (χ3n) is 2.76. The fourth-order valence-electron chi connectivity index (χ4n) is 1.80. The van der Waals surface area contributed by atoms with Crippen molar-refractivity contribution in [2.75, 3.05) is 0 Å². The molecule has 0 heterocycles. The van der Waals surface area contributed by atoms with Crippen LogP contribution in [0.15, 0.2) is 53.6 Å². The summed E-state index contributed by atoms with van der Waals surface area (Å²) in [5.41, 5.74) is 4.92. The van der Waals surface area contributed by atoms with E-state index in [1.807, 2.05) is 30.3 Å². The van der Waals surface area contributed by atoms with Crippen LogP contribution >= 0.6 is 0 Å². The standard InChI is InChI=1S/C15H16N2O2/c1-11(15-13(18)8-5-9-14(15)19)17-16-10-12-6-3-2-4-7-12/h2-9,16,18-19H,10H2,1H3/b17-11+. The zero-order valence-electron chi connectivity index (χ0n) is 10.7. The van der Waals surface area contributed by atoms with Gasteiger partial charge in [0.25, 0.3) is 0 Å². The van der Waals surface area contributed by atoms with Crippen molar-refractivity contribution in [3.63, 3.8) is 0 Å². The van der Waals surface area contributed by atoms with E-state index in [9.17, 15) is 10.2 Å². The Morgan fingerprint density at radius 3 is 2.26 bits per heavy atom. The summed E-state index contributed by atoms with van der Waals surface area (Å²) < 4.78 is 0. The molecule has 0 atom stereocenters. The van der Waals surface area contributed by atoms with E-state index in [2.05, 4.69) is 10.5 Å². The van der Waals surface area contributed by atoms with Crippen LogP contribution in [0, 0.1) is 0 Å². The van der Waals surface area contributed by atoms with Crippen LogP contribution in [-0.4, -0.2) is 15.9 Å². The number of phenols is 2. The van der Waals surface area contributed by atoms with Crippen molar-refractivity contribution in [3.05, 3.63) is 59.7 Å². The van der Waals surface area contributed by atoms with Crippen LogP contribution in [0.5, 0.6) is 11.5 Å². The molecule has 0 aromatic heterocycles. The molecule has 98 valence electrons. The Hall–Kier alpha value is -2.49. The van der Waals surface area contributed by atoms with E-state index in [1.165, 1.54) is 12.1 Å². The van der Waals surface area contributed by atoms with Crippen LogP contribution in [0.2, 0.25) is 0 Å². The van der Waals surface area contributed by atoms with Crippen molar-refractivity contribution in [1.82, 2.24) is 5.43 Å². The molecule has 2 aromatic rings. The maximum absolute atomic E-state index is 9.71. The first-order chi connectivity index (χ1) is 9.18. The van der Waals surface area contributed by atoms with Crippen LogP contribution in [0.3, 0.4) is 0 Å². The molecular weight excluding hydrogens is 240 g/mol. The van der Waals surface area contributed by atoms with E-state index >= 15 is 0 Å². The first-order valence-corrected chi connectivity index (χ1v) is 6.01. The lowest BCUT2D eigenvalue weighted by molar-refractivity contribution is 0.448. The summed E-state index contributed by atoms with van der Waals surface area (Å²) in [6.07, 6.45) is 0. The van der Waals surface area contributed by atoms with Gasteiger partial charge in [-0.1, -0.05) is 36.4 Å². The van der Waals surface area contributed by atoms with Gasteiger partial charge in [-0.3, -0.25) is 0 Å². The van der Waals surface area contributed by atoms with Gasteiger partial charge in [-0.25, -0.2) is 0 Å². The van der Waals surface area contributed by atoms with Gasteiger partial charge >= 0.3 is 0 Å². The third-order valence-corrected chi connectivity index (χ3v) is 2.76.